The van der Waals surface area contributed by atoms with E-state index in [0.29, 0.717) is 5.02 Å². The summed E-state index contributed by atoms with van der Waals surface area (Å²) in [6.07, 6.45) is -0.547. The molecule has 0 unspecified atom stereocenters. The molecule has 72 valence electrons. The van der Waals surface area contributed by atoms with Gasteiger partial charge in [-0.2, -0.15) is 0 Å². The van der Waals surface area contributed by atoms with Gasteiger partial charge < -0.3 is 10.8 Å². The van der Waals surface area contributed by atoms with Crippen molar-refractivity contribution in [1.82, 2.24) is 0 Å². The van der Waals surface area contributed by atoms with Crippen LogP contribution >= 0.6 is 34.2 Å². The molecule has 0 saturated heterocycles. The van der Waals surface area contributed by atoms with Crippen LogP contribution in [-0.2, 0) is 0 Å². The zero-order chi connectivity index (χ0) is 10.0. The van der Waals surface area contributed by atoms with E-state index in [2.05, 4.69) is 22.6 Å². The number of aliphatic hydroxyl groups excluding tert-OH is 1. The third-order valence-electron chi connectivity index (χ3n) is 1.84. The minimum Gasteiger partial charge on any atom is -0.391 e. The van der Waals surface area contributed by atoms with Gasteiger partial charge in [-0.25, -0.2) is 0 Å². The van der Waals surface area contributed by atoms with Crippen LogP contribution in [-0.4, -0.2) is 11.2 Å². The van der Waals surface area contributed by atoms with E-state index in [-0.39, 0.29) is 6.04 Å². The zero-order valence-corrected chi connectivity index (χ0v) is 10.1. The molecule has 2 atom stereocenters. The van der Waals surface area contributed by atoms with Gasteiger partial charge in [-0.1, -0.05) is 17.7 Å². The van der Waals surface area contributed by atoms with E-state index in [9.17, 15) is 5.11 Å². The van der Waals surface area contributed by atoms with Crippen LogP contribution in [0.2, 0.25) is 5.02 Å². The molecule has 0 aromatic heterocycles. The Hall–Kier alpha value is 0.160. The molecule has 4 heteroatoms. The number of aliphatic hydroxyl groups is 1. The van der Waals surface area contributed by atoms with Gasteiger partial charge in [0.25, 0.3) is 0 Å². The number of halogens is 2. The van der Waals surface area contributed by atoms with Crippen molar-refractivity contribution in [2.75, 3.05) is 0 Å². The molecule has 0 heterocycles. The molecule has 0 aliphatic heterocycles. The normalized spacial score (nSPS) is 15.5. The number of hydrogen-bond donors (Lipinski definition) is 2. The minimum atomic E-state index is -0.547. The van der Waals surface area contributed by atoms with Crippen LogP contribution in [0, 0.1) is 3.57 Å². The van der Waals surface area contributed by atoms with Gasteiger partial charge in [0.2, 0.25) is 0 Å². The summed E-state index contributed by atoms with van der Waals surface area (Å²) >= 11 is 7.95. The monoisotopic (exact) mass is 311 g/mol. The predicted octanol–water partition coefficient (Wildman–Crippen LogP) is 2.33. The van der Waals surface area contributed by atoms with Crippen molar-refractivity contribution < 1.29 is 5.11 Å². The summed E-state index contributed by atoms with van der Waals surface area (Å²) in [5.41, 5.74) is 6.72. The molecule has 3 N–H and O–H groups in total. The Morgan fingerprint density at radius 2 is 2.15 bits per heavy atom. The van der Waals surface area contributed by atoms with Gasteiger partial charge in [0.15, 0.2) is 0 Å². The number of hydrogen-bond acceptors (Lipinski definition) is 2. The summed E-state index contributed by atoms with van der Waals surface area (Å²) in [4.78, 5) is 0. The van der Waals surface area contributed by atoms with E-state index in [1.165, 1.54) is 0 Å². The molecule has 2 nitrogen and oxygen atoms in total. The van der Waals surface area contributed by atoms with Crippen LogP contribution in [0.25, 0.3) is 0 Å². The maximum absolute atomic E-state index is 9.31. The Kier molecular flexibility index (Phi) is 3.97. The lowest BCUT2D eigenvalue weighted by Gasteiger charge is -2.16. The highest BCUT2D eigenvalue weighted by Crippen LogP contribution is 2.23. The molecule has 1 aromatic carbocycles. The maximum atomic E-state index is 9.31. The van der Waals surface area contributed by atoms with Gasteiger partial charge in [-0.05, 0) is 47.2 Å². The average Bonchev–Trinajstić information content (AvgIpc) is 2.03. The Morgan fingerprint density at radius 3 is 2.62 bits per heavy atom. The molecule has 0 amide bonds. The SMILES string of the molecule is C[C@@H](O)[C@@H](N)c1ccc(Cl)cc1I. The second kappa shape index (κ2) is 4.59. The van der Waals surface area contributed by atoms with Gasteiger partial charge in [0, 0.05) is 8.59 Å². The van der Waals surface area contributed by atoms with Crippen molar-refractivity contribution in [3.63, 3.8) is 0 Å². The standard InChI is InChI=1S/C9H11ClINO/c1-5(13)9(12)7-3-2-6(10)4-8(7)11/h2-5,9,13H,12H2,1H3/t5-,9-/m1/s1. The zero-order valence-electron chi connectivity index (χ0n) is 7.17. The van der Waals surface area contributed by atoms with Gasteiger partial charge in [0.05, 0.1) is 12.1 Å². The van der Waals surface area contributed by atoms with Crippen LogP contribution in [0.4, 0.5) is 0 Å². The number of benzene rings is 1. The molecule has 0 aliphatic rings. The summed E-state index contributed by atoms with van der Waals surface area (Å²) in [5.74, 6) is 0. The lowest BCUT2D eigenvalue weighted by Crippen LogP contribution is -2.23. The first-order valence-electron chi connectivity index (χ1n) is 3.91. The fourth-order valence-electron chi connectivity index (χ4n) is 1.03. The summed E-state index contributed by atoms with van der Waals surface area (Å²) < 4.78 is 0.985. The summed E-state index contributed by atoms with van der Waals surface area (Å²) in [6.45, 7) is 1.68. The number of nitrogens with two attached hydrogens (primary N) is 1. The summed E-state index contributed by atoms with van der Waals surface area (Å²) in [7, 11) is 0. The van der Waals surface area contributed by atoms with Gasteiger partial charge in [-0.3, -0.25) is 0 Å². The molecule has 0 saturated carbocycles. The third-order valence-corrected chi connectivity index (χ3v) is 3.01. The third kappa shape index (κ3) is 2.80. The largest absolute Gasteiger partial charge is 0.391 e. The second-order valence-corrected chi connectivity index (χ2v) is 4.53. The summed E-state index contributed by atoms with van der Waals surface area (Å²) in [6, 6.07) is 5.12. The lowest BCUT2D eigenvalue weighted by molar-refractivity contribution is 0.164. The van der Waals surface area contributed by atoms with E-state index in [1.54, 1.807) is 13.0 Å². The first-order valence-corrected chi connectivity index (χ1v) is 5.36. The number of rotatable bonds is 2. The van der Waals surface area contributed by atoms with Crippen LogP contribution < -0.4 is 5.73 Å². The van der Waals surface area contributed by atoms with Gasteiger partial charge in [-0.15, -0.1) is 0 Å². The van der Waals surface area contributed by atoms with Gasteiger partial charge in [0.1, 0.15) is 0 Å². The molecule has 1 aromatic rings. The molecular weight excluding hydrogens is 300 g/mol. The smallest absolute Gasteiger partial charge is 0.0705 e. The Bertz CT molecular complexity index is 304. The molecule has 0 bridgehead atoms. The van der Waals surface area contributed by atoms with E-state index >= 15 is 0 Å². The van der Waals surface area contributed by atoms with Crippen LogP contribution in [0.3, 0.4) is 0 Å². The molecule has 0 fully saturated rings. The Balaban J connectivity index is 3.01. The topological polar surface area (TPSA) is 46.2 Å². The molecule has 0 aliphatic carbocycles. The Labute approximate surface area is 96.2 Å². The minimum absolute atomic E-state index is 0.343. The second-order valence-electron chi connectivity index (χ2n) is 2.93. The highest BCUT2D eigenvalue weighted by molar-refractivity contribution is 14.1. The first-order chi connectivity index (χ1) is 6.02. The molecule has 13 heavy (non-hydrogen) atoms. The quantitative estimate of drug-likeness (QED) is 0.824. The van der Waals surface area contributed by atoms with Crippen molar-refractivity contribution in [1.29, 1.82) is 0 Å². The van der Waals surface area contributed by atoms with Crippen molar-refractivity contribution in [3.8, 4) is 0 Å². The van der Waals surface area contributed by atoms with E-state index in [4.69, 9.17) is 17.3 Å². The van der Waals surface area contributed by atoms with Crippen LogP contribution in [0.5, 0.6) is 0 Å². The van der Waals surface area contributed by atoms with E-state index in [1.807, 2.05) is 12.1 Å². The van der Waals surface area contributed by atoms with E-state index in [0.717, 1.165) is 9.13 Å². The average molecular weight is 312 g/mol. The predicted molar refractivity (Wildman–Crippen MR) is 62.8 cm³/mol. The van der Waals surface area contributed by atoms with Gasteiger partial charge >= 0.3 is 0 Å². The van der Waals surface area contributed by atoms with Crippen LogP contribution in [0.15, 0.2) is 18.2 Å². The maximum Gasteiger partial charge on any atom is 0.0705 e. The van der Waals surface area contributed by atoms with Crippen molar-refractivity contribution in [2.45, 2.75) is 19.1 Å². The summed E-state index contributed by atoms with van der Waals surface area (Å²) in [5, 5.41) is 9.99. The molecule has 0 radical (unpaired) electrons. The lowest BCUT2D eigenvalue weighted by atomic mass is 10.0. The molecule has 0 spiro atoms. The van der Waals surface area contributed by atoms with E-state index < -0.39 is 6.10 Å². The van der Waals surface area contributed by atoms with Crippen molar-refractivity contribution >= 4 is 34.2 Å². The molecule has 1 rings (SSSR count). The van der Waals surface area contributed by atoms with Crippen molar-refractivity contribution in [2.24, 2.45) is 5.73 Å². The Morgan fingerprint density at radius 1 is 1.54 bits per heavy atom. The van der Waals surface area contributed by atoms with Crippen molar-refractivity contribution in [3.05, 3.63) is 32.4 Å². The fourth-order valence-corrected chi connectivity index (χ4v) is 2.26. The highest BCUT2D eigenvalue weighted by atomic mass is 127. The fraction of sp³-hybridized carbons (Fsp3) is 0.333. The molecular formula is C9H11ClINO. The first kappa shape index (κ1) is 11.2. The highest BCUT2D eigenvalue weighted by Gasteiger charge is 2.14. The van der Waals surface area contributed by atoms with Crippen LogP contribution in [0.1, 0.15) is 18.5 Å².